The molecule has 0 spiro atoms. The van der Waals surface area contributed by atoms with E-state index in [1.54, 1.807) is 6.21 Å². The van der Waals surface area contributed by atoms with E-state index in [-0.39, 0.29) is 5.91 Å². The number of carbonyl (C=O) groups is 1. The molecule has 3 rings (SSSR count). The standard InChI is InChI=1S/C20H18N2O/c1-15-9-11-16(12-10-15)13-20(23)22-21-14-18-7-4-6-17-5-2-3-8-19(17)18/h2-12,14H,13H2,1H3,(H,22,23)/b21-14-. The van der Waals surface area contributed by atoms with Crippen molar-refractivity contribution in [1.29, 1.82) is 0 Å². The molecule has 1 N–H and O–H groups in total. The number of nitrogens with zero attached hydrogens (tertiary/aromatic N) is 1. The van der Waals surface area contributed by atoms with Gasteiger partial charge in [0.25, 0.3) is 0 Å². The lowest BCUT2D eigenvalue weighted by atomic mass is 10.1. The first kappa shape index (κ1) is 15.0. The molecular weight excluding hydrogens is 284 g/mol. The second kappa shape index (κ2) is 6.88. The maximum atomic E-state index is 11.9. The maximum Gasteiger partial charge on any atom is 0.244 e. The maximum absolute atomic E-state index is 11.9. The summed E-state index contributed by atoms with van der Waals surface area (Å²) in [6, 6.07) is 22.1. The third-order valence-electron chi connectivity index (χ3n) is 3.70. The van der Waals surface area contributed by atoms with Crippen molar-refractivity contribution in [3.8, 4) is 0 Å². The van der Waals surface area contributed by atoms with Crippen LogP contribution in [0.25, 0.3) is 10.8 Å². The summed E-state index contributed by atoms with van der Waals surface area (Å²) in [4.78, 5) is 11.9. The van der Waals surface area contributed by atoms with E-state index in [9.17, 15) is 4.79 Å². The van der Waals surface area contributed by atoms with Crippen molar-refractivity contribution in [2.75, 3.05) is 0 Å². The van der Waals surface area contributed by atoms with Gasteiger partial charge in [-0.1, -0.05) is 72.3 Å². The summed E-state index contributed by atoms with van der Waals surface area (Å²) in [6.45, 7) is 2.03. The fraction of sp³-hybridized carbons (Fsp3) is 0.100. The lowest BCUT2D eigenvalue weighted by molar-refractivity contribution is -0.120. The minimum absolute atomic E-state index is 0.120. The Morgan fingerprint density at radius 3 is 2.57 bits per heavy atom. The molecule has 114 valence electrons. The van der Waals surface area contributed by atoms with E-state index in [0.717, 1.165) is 21.9 Å². The van der Waals surface area contributed by atoms with Gasteiger partial charge >= 0.3 is 0 Å². The molecule has 0 atom stereocenters. The number of hydrazone groups is 1. The van der Waals surface area contributed by atoms with Crippen LogP contribution in [-0.4, -0.2) is 12.1 Å². The quantitative estimate of drug-likeness (QED) is 0.577. The molecule has 0 heterocycles. The highest BCUT2D eigenvalue weighted by atomic mass is 16.2. The molecule has 0 saturated heterocycles. The number of aryl methyl sites for hydroxylation is 1. The molecule has 0 unspecified atom stereocenters. The first-order chi connectivity index (χ1) is 11.2. The lowest BCUT2D eigenvalue weighted by Crippen LogP contribution is -2.19. The highest BCUT2D eigenvalue weighted by Crippen LogP contribution is 2.16. The van der Waals surface area contributed by atoms with E-state index in [4.69, 9.17) is 0 Å². The zero-order valence-electron chi connectivity index (χ0n) is 13.0. The van der Waals surface area contributed by atoms with Gasteiger partial charge < -0.3 is 0 Å². The van der Waals surface area contributed by atoms with Gasteiger partial charge in [0.1, 0.15) is 0 Å². The molecule has 1 amide bonds. The van der Waals surface area contributed by atoms with Crippen LogP contribution in [-0.2, 0) is 11.2 Å². The van der Waals surface area contributed by atoms with Crippen LogP contribution in [0.3, 0.4) is 0 Å². The van der Waals surface area contributed by atoms with Gasteiger partial charge in [0.05, 0.1) is 12.6 Å². The molecular formula is C20H18N2O. The first-order valence-electron chi connectivity index (χ1n) is 7.57. The molecule has 3 aromatic rings. The Kier molecular flexibility index (Phi) is 4.48. The number of nitrogens with one attached hydrogen (secondary N) is 1. The topological polar surface area (TPSA) is 41.5 Å². The molecule has 0 fully saturated rings. The third kappa shape index (κ3) is 3.83. The second-order valence-electron chi connectivity index (χ2n) is 5.52. The molecule has 0 aliphatic rings. The predicted molar refractivity (Wildman–Crippen MR) is 94.6 cm³/mol. The van der Waals surface area contributed by atoms with Crippen LogP contribution in [0.15, 0.2) is 71.8 Å². The average Bonchev–Trinajstić information content (AvgIpc) is 2.57. The van der Waals surface area contributed by atoms with Crippen LogP contribution in [0, 0.1) is 6.92 Å². The van der Waals surface area contributed by atoms with Gasteiger partial charge in [-0.05, 0) is 23.3 Å². The van der Waals surface area contributed by atoms with Gasteiger partial charge in [0.15, 0.2) is 0 Å². The normalized spacial score (nSPS) is 11.0. The molecule has 0 aromatic heterocycles. The van der Waals surface area contributed by atoms with Crippen molar-refractivity contribution in [2.45, 2.75) is 13.3 Å². The fourth-order valence-electron chi connectivity index (χ4n) is 2.47. The van der Waals surface area contributed by atoms with Crippen molar-refractivity contribution in [2.24, 2.45) is 5.10 Å². The van der Waals surface area contributed by atoms with E-state index in [2.05, 4.69) is 22.7 Å². The smallest absolute Gasteiger partial charge is 0.244 e. The molecule has 0 bridgehead atoms. The van der Waals surface area contributed by atoms with E-state index in [1.165, 1.54) is 5.56 Å². The molecule has 0 aliphatic heterocycles. The number of benzene rings is 3. The van der Waals surface area contributed by atoms with E-state index in [0.29, 0.717) is 6.42 Å². The molecule has 0 radical (unpaired) electrons. The van der Waals surface area contributed by atoms with Gasteiger partial charge in [-0.25, -0.2) is 5.43 Å². The van der Waals surface area contributed by atoms with Crippen LogP contribution in [0.4, 0.5) is 0 Å². The van der Waals surface area contributed by atoms with Gasteiger partial charge in [0, 0.05) is 5.56 Å². The predicted octanol–water partition coefficient (Wildman–Crippen LogP) is 3.84. The highest BCUT2D eigenvalue weighted by Gasteiger charge is 2.02. The number of hydrogen-bond donors (Lipinski definition) is 1. The van der Waals surface area contributed by atoms with Gasteiger partial charge in [0.2, 0.25) is 5.91 Å². The van der Waals surface area contributed by atoms with E-state index >= 15 is 0 Å². The number of rotatable bonds is 4. The molecule has 3 aromatic carbocycles. The van der Waals surface area contributed by atoms with Crippen molar-refractivity contribution in [3.05, 3.63) is 83.4 Å². The minimum atomic E-state index is -0.120. The van der Waals surface area contributed by atoms with Crippen molar-refractivity contribution in [3.63, 3.8) is 0 Å². The number of hydrogen-bond acceptors (Lipinski definition) is 2. The van der Waals surface area contributed by atoms with Crippen molar-refractivity contribution in [1.82, 2.24) is 5.43 Å². The van der Waals surface area contributed by atoms with Crippen LogP contribution >= 0.6 is 0 Å². The fourth-order valence-corrected chi connectivity index (χ4v) is 2.47. The third-order valence-corrected chi connectivity index (χ3v) is 3.70. The molecule has 0 aliphatic carbocycles. The van der Waals surface area contributed by atoms with Crippen LogP contribution < -0.4 is 5.43 Å². The largest absolute Gasteiger partial charge is 0.273 e. The SMILES string of the molecule is Cc1ccc(CC(=O)N/N=C\c2cccc3ccccc23)cc1. The number of fused-ring (bicyclic) bond motifs is 1. The molecule has 23 heavy (non-hydrogen) atoms. The first-order valence-corrected chi connectivity index (χ1v) is 7.57. The highest BCUT2D eigenvalue weighted by molar-refractivity contribution is 5.99. The van der Waals surface area contributed by atoms with Gasteiger partial charge in [-0.15, -0.1) is 0 Å². The Morgan fingerprint density at radius 2 is 1.74 bits per heavy atom. The van der Waals surface area contributed by atoms with E-state index < -0.39 is 0 Å². The monoisotopic (exact) mass is 302 g/mol. The van der Waals surface area contributed by atoms with Gasteiger partial charge in [-0.3, -0.25) is 4.79 Å². The molecule has 3 heteroatoms. The summed E-state index contributed by atoms with van der Waals surface area (Å²) in [6.07, 6.45) is 2.02. The number of carbonyl (C=O) groups excluding carboxylic acids is 1. The summed E-state index contributed by atoms with van der Waals surface area (Å²) >= 11 is 0. The number of amides is 1. The Labute approximate surface area is 135 Å². The average molecular weight is 302 g/mol. The zero-order valence-corrected chi connectivity index (χ0v) is 13.0. The summed E-state index contributed by atoms with van der Waals surface area (Å²) in [5, 5.41) is 6.35. The van der Waals surface area contributed by atoms with Crippen LogP contribution in [0.1, 0.15) is 16.7 Å². The summed E-state index contributed by atoms with van der Waals surface area (Å²) in [5.41, 5.74) is 5.74. The zero-order chi connectivity index (χ0) is 16.1. The summed E-state index contributed by atoms with van der Waals surface area (Å²) in [7, 11) is 0. The Morgan fingerprint density at radius 1 is 1.00 bits per heavy atom. The molecule has 3 nitrogen and oxygen atoms in total. The second-order valence-corrected chi connectivity index (χ2v) is 5.52. The van der Waals surface area contributed by atoms with Crippen LogP contribution in [0.5, 0.6) is 0 Å². The summed E-state index contributed by atoms with van der Waals surface area (Å²) in [5.74, 6) is -0.120. The minimum Gasteiger partial charge on any atom is -0.273 e. The van der Waals surface area contributed by atoms with Crippen LogP contribution in [0.2, 0.25) is 0 Å². The van der Waals surface area contributed by atoms with Crippen molar-refractivity contribution >= 4 is 22.9 Å². The summed E-state index contributed by atoms with van der Waals surface area (Å²) < 4.78 is 0. The van der Waals surface area contributed by atoms with Crippen molar-refractivity contribution < 1.29 is 4.79 Å². The Hall–Kier alpha value is -2.94. The lowest BCUT2D eigenvalue weighted by Gasteiger charge is -2.03. The Bertz CT molecular complexity index is 846. The van der Waals surface area contributed by atoms with Gasteiger partial charge in [-0.2, -0.15) is 5.10 Å². The van der Waals surface area contributed by atoms with E-state index in [1.807, 2.05) is 61.5 Å². The Balaban J connectivity index is 1.66. The molecule has 0 saturated carbocycles.